The molecule has 0 fully saturated rings. The van der Waals surface area contributed by atoms with Crippen molar-refractivity contribution in [3.05, 3.63) is 29.0 Å². The Morgan fingerprint density at radius 1 is 1.47 bits per heavy atom. The van der Waals surface area contributed by atoms with E-state index in [1.54, 1.807) is 6.92 Å². The quantitative estimate of drug-likeness (QED) is 0.785. The number of anilines is 1. The normalized spacial score (nSPS) is 12.2. The lowest BCUT2D eigenvalue weighted by Crippen LogP contribution is -2.29. The number of benzene rings is 1. The molecular weight excluding hydrogens is 273 g/mol. The molecule has 1 atom stereocenters. The molecule has 0 aromatic heterocycles. The van der Waals surface area contributed by atoms with E-state index in [4.69, 9.17) is 21.1 Å². The predicted molar refractivity (Wildman–Crippen MR) is 71.9 cm³/mol. The molecule has 106 valence electrons. The van der Waals surface area contributed by atoms with Gasteiger partial charge in [0.2, 0.25) is 0 Å². The summed E-state index contributed by atoms with van der Waals surface area (Å²) < 4.78 is 23.2. The first-order valence-electron chi connectivity index (χ1n) is 5.99. The van der Waals surface area contributed by atoms with Gasteiger partial charge in [-0.1, -0.05) is 11.6 Å². The van der Waals surface area contributed by atoms with Gasteiger partial charge in [0.05, 0.1) is 23.9 Å². The van der Waals surface area contributed by atoms with Crippen molar-refractivity contribution in [2.75, 3.05) is 25.1 Å². The fourth-order valence-electron chi connectivity index (χ4n) is 1.33. The summed E-state index contributed by atoms with van der Waals surface area (Å²) in [6.07, 6.45) is -0.637. The van der Waals surface area contributed by atoms with Crippen LogP contribution in [-0.2, 0) is 14.3 Å². The van der Waals surface area contributed by atoms with Crippen molar-refractivity contribution in [2.24, 2.45) is 0 Å². The smallest absolute Gasteiger partial charge is 0.253 e. The largest absolute Gasteiger partial charge is 0.379 e. The highest BCUT2D eigenvalue weighted by Crippen LogP contribution is 2.22. The molecule has 0 heterocycles. The van der Waals surface area contributed by atoms with Gasteiger partial charge in [0.25, 0.3) is 5.91 Å². The van der Waals surface area contributed by atoms with E-state index in [0.29, 0.717) is 25.5 Å². The van der Waals surface area contributed by atoms with Crippen LogP contribution in [0.2, 0.25) is 5.02 Å². The standard InChI is InChI=1S/C13H17ClFNO3/c1-3-18-6-7-19-9(2)13(17)16-12-5-4-10(15)8-11(12)14/h4-5,8-9H,3,6-7H2,1-2H3,(H,16,17). The average Bonchev–Trinajstić information content (AvgIpc) is 2.37. The summed E-state index contributed by atoms with van der Waals surface area (Å²) in [4.78, 5) is 11.8. The highest BCUT2D eigenvalue weighted by atomic mass is 35.5. The molecule has 1 unspecified atom stereocenters. The molecule has 1 rings (SSSR count). The van der Waals surface area contributed by atoms with Gasteiger partial charge in [0.1, 0.15) is 11.9 Å². The molecule has 19 heavy (non-hydrogen) atoms. The Bertz CT molecular complexity index is 428. The lowest BCUT2D eigenvalue weighted by atomic mass is 10.3. The van der Waals surface area contributed by atoms with Gasteiger partial charge in [-0.2, -0.15) is 0 Å². The number of hydrogen-bond donors (Lipinski definition) is 1. The van der Waals surface area contributed by atoms with Crippen molar-refractivity contribution in [1.29, 1.82) is 0 Å². The van der Waals surface area contributed by atoms with Crippen LogP contribution in [0.25, 0.3) is 0 Å². The molecule has 6 heteroatoms. The molecule has 1 amide bonds. The van der Waals surface area contributed by atoms with Crippen LogP contribution in [0.15, 0.2) is 18.2 Å². The van der Waals surface area contributed by atoms with Gasteiger partial charge < -0.3 is 14.8 Å². The molecule has 0 saturated heterocycles. The summed E-state index contributed by atoms with van der Waals surface area (Å²) >= 11 is 5.81. The van der Waals surface area contributed by atoms with Crippen molar-refractivity contribution in [3.63, 3.8) is 0 Å². The molecule has 0 aliphatic rings. The van der Waals surface area contributed by atoms with Crippen LogP contribution in [0.1, 0.15) is 13.8 Å². The number of rotatable bonds is 7. The number of nitrogens with one attached hydrogen (secondary N) is 1. The van der Waals surface area contributed by atoms with Crippen LogP contribution in [0, 0.1) is 5.82 Å². The topological polar surface area (TPSA) is 47.6 Å². The zero-order valence-corrected chi connectivity index (χ0v) is 11.7. The SMILES string of the molecule is CCOCCOC(C)C(=O)Nc1ccc(F)cc1Cl. The van der Waals surface area contributed by atoms with Crippen LogP contribution in [0.4, 0.5) is 10.1 Å². The van der Waals surface area contributed by atoms with E-state index in [0.717, 1.165) is 6.07 Å². The van der Waals surface area contributed by atoms with Gasteiger partial charge in [-0.3, -0.25) is 4.79 Å². The van der Waals surface area contributed by atoms with E-state index in [1.807, 2.05) is 6.92 Å². The van der Waals surface area contributed by atoms with Crippen molar-refractivity contribution >= 4 is 23.2 Å². The Labute approximate surface area is 116 Å². The second-order valence-electron chi connectivity index (χ2n) is 3.82. The first kappa shape index (κ1) is 15.9. The van der Waals surface area contributed by atoms with Crippen molar-refractivity contribution in [3.8, 4) is 0 Å². The number of amides is 1. The third-order valence-electron chi connectivity index (χ3n) is 2.36. The minimum absolute atomic E-state index is 0.148. The van der Waals surface area contributed by atoms with Gasteiger partial charge in [-0.15, -0.1) is 0 Å². The van der Waals surface area contributed by atoms with Gasteiger partial charge in [-0.05, 0) is 32.0 Å². The molecular formula is C13H17ClFNO3. The van der Waals surface area contributed by atoms with Crippen molar-refractivity contribution < 1.29 is 18.7 Å². The zero-order valence-electron chi connectivity index (χ0n) is 10.9. The number of hydrogen-bond acceptors (Lipinski definition) is 3. The number of carbonyl (C=O) groups is 1. The predicted octanol–water partition coefficient (Wildman–Crippen LogP) is 2.86. The Morgan fingerprint density at radius 2 is 2.21 bits per heavy atom. The summed E-state index contributed by atoms with van der Waals surface area (Å²) in [5.74, 6) is -0.797. The highest BCUT2D eigenvalue weighted by molar-refractivity contribution is 6.33. The zero-order chi connectivity index (χ0) is 14.3. The molecule has 0 aliphatic carbocycles. The van der Waals surface area contributed by atoms with E-state index in [1.165, 1.54) is 12.1 Å². The van der Waals surface area contributed by atoms with Crippen LogP contribution in [-0.4, -0.2) is 31.8 Å². The maximum absolute atomic E-state index is 12.8. The van der Waals surface area contributed by atoms with Gasteiger partial charge in [0, 0.05) is 6.61 Å². The number of halogens is 2. The van der Waals surface area contributed by atoms with Crippen LogP contribution in [0.5, 0.6) is 0 Å². The molecule has 0 aliphatic heterocycles. The Kier molecular flexibility index (Phi) is 6.77. The number of ether oxygens (including phenoxy) is 2. The molecule has 0 radical (unpaired) electrons. The maximum atomic E-state index is 12.8. The monoisotopic (exact) mass is 289 g/mol. The fraction of sp³-hybridized carbons (Fsp3) is 0.462. The Hall–Kier alpha value is -1.17. The third-order valence-corrected chi connectivity index (χ3v) is 2.67. The maximum Gasteiger partial charge on any atom is 0.253 e. The van der Waals surface area contributed by atoms with Crippen LogP contribution >= 0.6 is 11.6 Å². The Morgan fingerprint density at radius 3 is 2.84 bits per heavy atom. The highest BCUT2D eigenvalue weighted by Gasteiger charge is 2.14. The second kappa shape index (κ2) is 8.09. The minimum Gasteiger partial charge on any atom is -0.379 e. The van der Waals surface area contributed by atoms with Gasteiger partial charge >= 0.3 is 0 Å². The lowest BCUT2D eigenvalue weighted by Gasteiger charge is -2.14. The van der Waals surface area contributed by atoms with E-state index >= 15 is 0 Å². The summed E-state index contributed by atoms with van der Waals surface area (Å²) in [5.41, 5.74) is 0.355. The third kappa shape index (κ3) is 5.55. The second-order valence-corrected chi connectivity index (χ2v) is 4.23. The summed E-state index contributed by atoms with van der Waals surface area (Å²) in [6.45, 7) is 4.88. The summed E-state index contributed by atoms with van der Waals surface area (Å²) in [6, 6.07) is 3.77. The summed E-state index contributed by atoms with van der Waals surface area (Å²) in [5, 5.41) is 2.72. The van der Waals surface area contributed by atoms with E-state index < -0.39 is 11.9 Å². The Balaban J connectivity index is 2.45. The van der Waals surface area contributed by atoms with Crippen molar-refractivity contribution in [1.82, 2.24) is 0 Å². The average molecular weight is 290 g/mol. The molecule has 0 spiro atoms. The molecule has 0 saturated carbocycles. The molecule has 1 aromatic carbocycles. The van der Waals surface area contributed by atoms with Gasteiger partial charge in [-0.25, -0.2) is 4.39 Å². The van der Waals surface area contributed by atoms with Crippen molar-refractivity contribution in [2.45, 2.75) is 20.0 Å². The number of carbonyl (C=O) groups excluding carboxylic acids is 1. The van der Waals surface area contributed by atoms with Crippen LogP contribution < -0.4 is 5.32 Å². The van der Waals surface area contributed by atoms with E-state index in [2.05, 4.69) is 5.32 Å². The van der Waals surface area contributed by atoms with E-state index in [9.17, 15) is 9.18 Å². The minimum atomic E-state index is -0.637. The van der Waals surface area contributed by atoms with Crippen LogP contribution in [0.3, 0.4) is 0 Å². The molecule has 1 aromatic rings. The first-order chi connectivity index (χ1) is 9.04. The first-order valence-corrected chi connectivity index (χ1v) is 6.37. The summed E-state index contributed by atoms with van der Waals surface area (Å²) in [7, 11) is 0. The molecule has 0 bridgehead atoms. The van der Waals surface area contributed by atoms with Gasteiger partial charge in [0.15, 0.2) is 0 Å². The lowest BCUT2D eigenvalue weighted by molar-refractivity contribution is -0.127. The molecule has 4 nitrogen and oxygen atoms in total. The van der Waals surface area contributed by atoms with E-state index in [-0.39, 0.29) is 10.9 Å². The molecule has 1 N–H and O–H groups in total. The fourth-order valence-corrected chi connectivity index (χ4v) is 1.54.